The summed E-state index contributed by atoms with van der Waals surface area (Å²) < 4.78 is 0. The molecule has 0 radical (unpaired) electrons. The van der Waals surface area contributed by atoms with E-state index in [9.17, 15) is 9.59 Å². The first kappa shape index (κ1) is 24.0. The molecule has 1 aromatic heterocycles. The molecule has 2 aromatic rings. The molecule has 0 saturated heterocycles. The monoisotopic (exact) mass is 467 g/mol. The molecule has 2 heterocycles. The third kappa shape index (κ3) is 5.33. The smallest absolute Gasteiger partial charge is 0.254 e. The van der Waals surface area contributed by atoms with Crippen LogP contribution in [0.2, 0.25) is 0 Å². The van der Waals surface area contributed by atoms with E-state index >= 15 is 0 Å². The predicted molar refractivity (Wildman–Crippen MR) is 135 cm³/mol. The number of amides is 2. The summed E-state index contributed by atoms with van der Waals surface area (Å²) in [6, 6.07) is 12.1. The quantitative estimate of drug-likeness (QED) is 0.590. The van der Waals surface area contributed by atoms with Gasteiger partial charge in [0, 0.05) is 36.1 Å². The largest absolute Gasteiger partial charge is 0.354 e. The molecule has 33 heavy (non-hydrogen) atoms. The molecule has 178 valence electrons. The summed E-state index contributed by atoms with van der Waals surface area (Å²) in [7, 11) is 2.18. The fourth-order valence-corrected chi connectivity index (χ4v) is 6.29. The average Bonchev–Trinajstić information content (AvgIpc) is 3.35. The van der Waals surface area contributed by atoms with Gasteiger partial charge in [-0.15, -0.1) is 11.3 Å². The van der Waals surface area contributed by atoms with E-state index < -0.39 is 5.92 Å². The van der Waals surface area contributed by atoms with Gasteiger partial charge < -0.3 is 15.1 Å². The van der Waals surface area contributed by atoms with Crippen molar-refractivity contribution in [2.24, 2.45) is 5.92 Å². The lowest BCUT2D eigenvalue weighted by Gasteiger charge is -2.42. The van der Waals surface area contributed by atoms with E-state index in [1.54, 1.807) is 11.3 Å². The normalized spacial score (nSPS) is 21.5. The van der Waals surface area contributed by atoms with Crippen LogP contribution in [0.15, 0.2) is 41.8 Å². The van der Waals surface area contributed by atoms with Crippen molar-refractivity contribution in [2.75, 3.05) is 26.7 Å². The van der Waals surface area contributed by atoms with Crippen LogP contribution in [0.25, 0.3) is 0 Å². The Morgan fingerprint density at radius 1 is 1.15 bits per heavy atom. The van der Waals surface area contributed by atoms with E-state index in [0.717, 1.165) is 17.0 Å². The Labute approximate surface area is 202 Å². The summed E-state index contributed by atoms with van der Waals surface area (Å²) in [5.74, 6) is -0.0521. The van der Waals surface area contributed by atoms with E-state index in [4.69, 9.17) is 0 Å². The van der Waals surface area contributed by atoms with Gasteiger partial charge in [-0.2, -0.15) is 0 Å². The Bertz CT molecular complexity index is 937. The van der Waals surface area contributed by atoms with Gasteiger partial charge in [-0.1, -0.05) is 57.4 Å². The van der Waals surface area contributed by atoms with Gasteiger partial charge in [-0.3, -0.25) is 9.59 Å². The molecule has 1 saturated carbocycles. The summed E-state index contributed by atoms with van der Waals surface area (Å²) in [6.45, 7) is 6.34. The molecule has 5 nitrogen and oxygen atoms in total. The van der Waals surface area contributed by atoms with Crippen LogP contribution in [0.3, 0.4) is 0 Å². The molecule has 1 N–H and O–H groups in total. The minimum Gasteiger partial charge on any atom is -0.354 e. The lowest BCUT2D eigenvalue weighted by Crippen LogP contribution is -2.49. The second-order valence-corrected chi connectivity index (χ2v) is 10.9. The van der Waals surface area contributed by atoms with Crippen molar-refractivity contribution in [1.29, 1.82) is 0 Å². The molecule has 2 aliphatic rings. The van der Waals surface area contributed by atoms with E-state index in [2.05, 4.69) is 37.2 Å². The van der Waals surface area contributed by atoms with Crippen LogP contribution >= 0.6 is 11.3 Å². The zero-order valence-corrected chi connectivity index (χ0v) is 20.9. The van der Waals surface area contributed by atoms with Crippen molar-refractivity contribution in [3.8, 4) is 0 Å². The minimum atomic E-state index is -0.406. The molecule has 2 atom stereocenters. The Hall–Kier alpha value is -2.18. The van der Waals surface area contributed by atoms with Gasteiger partial charge in [0.1, 0.15) is 0 Å². The summed E-state index contributed by atoms with van der Waals surface area (Å²) in [5.41, 5.74) is 1.50. The van der Waals surface area contributed by atoms with Crippen LogP contribution in [-0.4, -0.2) is 54.3 Å². The summed E-state index contributed by atoms with van der Waals surface area (Å²) in [6.07, 6.45) is 6.48. The third-order valence-electron chi connectivity index (χ3n) is 7.08. The fourth-order valence-electron chi connectivity index (χ4n) is 5.42. The molecule has 1 fully saturated rings. The molecule has 1 aliphatic carbocycles. The number of nitrogens with zero attached hydrogens (tertiary/aromatic N) is 2. The zero-order valence-electron chi connectivity index (χ0n) is 20.1. The maximum atomic E-state index is 13.7. The molecule has 2 amide bonds. The SMILES string of the molecule is CC(C)CN1C(=O)c2ccccc2[C@@H](C(=O)NCCN(C)C2CCCCC2)[C@@H]1c1cccs1. The van der Waals surface area contributed by atoms with Crippen molar-refractivity contribution in [2.45, 2.75) is 64.0 Å². The van der Waals surface area contributed by atoms with Gasteiger partial charge >= 0.3 is 0 Å². The molecule has 1 aliphatic heterocycles. The number of nitrogens with one attached hydrogen (secondary N) is 1. The van der Waals surface area contributed by atoms with Crippen LogP contribution in [0, 0.1) is 5.92 Å². The fraction of sp³-hybridized carbons (Fsp3) is 0.556. The highest BCUT2D eigenvalue weighted by atomic mass is 32.1. The number of likely N-dealkylation sites (N-methyl/N-ethyl adjacent to an activating group) is 1. The van der Waals surface area contributed by atoms with Gasteiger partial charge in [0.25, 0.3) is 5.91 Å². The van der Waals surface area contributed by atoms with Crippen LogP contribution in [-0.2, 0) is 4.79 Å². The Kier molecular flexibility index (Phi) is 7.86. The lowest BCUT2D eigenvalue weighted by molar-refractivity contribution is -0.124. The minimum absolute atomic E-state index is 0.0131. The van der Waals surface area contributed by atoms with Crippen molar-refractivity contribution < 1.29 is 9.59 Å². The van der Waals surface area contributed by atoms with Gasteiger partial charge in [0.15, 0.2) is 0 Å². The van der Waals surface area contributed by atoms with E-state index in [-0.39, 0.29) is 17.9 Å². The van der Waals surface area contributed by atoms with Gasteiger partial charge in [-0.05, 0) is 48.9 Å². The second-order valence-electron chi connectivity index (χ2n) is 9.94. The first-order chi connectivity index (χ1) is 16.0. The first-order valence-electron chi connectivity index (χ1n) is 12.4. The number of benzene rings is 1. The van der Waals surface area contributed by atoms with E-state index in [1.807, 2.05) is 40.6 Å². The molecule has 1 aromatic carbocycles. The molecule has 4 rings (SSSR count). The van der Waals surface area contributed by atoms with Crippen molar-refractivity contribution in [1.82, 2.24) is 15.1 Å². The standard InChI is InChI=1S/C27H37N3O2S/c1-19(2)18-30-25(23-14-9-17-33-23)24(21-12-7-8-13-22(21)27(30)32)26(31)28-15-16-29(3)20-10-5-4-6-11-20/h7-9,12-14,17,19-20,24-25H,4-6,10-11,15-16,18H2,1-3H3,(H,28,31)/t24-,25+/m1/s1. The maximum absolute atomic E-state index is 13.7. The highest BCUT2D eigenvalue weighted by Gasteiger charge is 2.44. The lowest BCUT2D eigenvalue weighted by atomic mass is 9.81. The van der Waals surface area contributed by atoms with Crippen LogP contribution in [0.1, 0.15) is 78.7 Å². The van der Waals surface area contributed by atoms with Crippen molar-refractivity contribution in [3.63, 3.8) is 0 Å². The number of carbonyl (C=O) groups is 2. The molecule has 6 heteroatoms. The number of carbonyl (C=O) groups excluding carboxylic acids is 2. The topological polar surface area (TPSA) is 52.7 Å². The highest BCUT2D eigenvalue weighted by Crippen LogP contribution is 2.44. The summed E-state index contributed by atoms with van der Waals surface area (Å²) in [5, 5.41) is 5.26. The van der Waals surface area contributed by atoms with Crippen molar-refractivity contribution >= 4 is 23.2 Å². The summed E-state index contributed by atoms with van der Waals surface area (Å²) >= 11 is 1.62. The first-order valence-corrected chi connectivity index (χ1v) is 13.3. The molecule has 0 spiro atoms. The van der Waals surface area contributed by atoms with Crippen LogP contribution in [0.5, 0.6) is 0 Å². The molecular weight excluding hydrogens is 430 g/mol. The van der Waals surface area contributed by atoms with Crippen LogP contribution < -0.4 is 5.32 Å². The Morgan fingerprint density at radius 2 is 1.91 bits per heavy atom. The number of fused-ring (bicyclic) bond motifs is 1. The number of hydrogen-bond acceptors (Lipinski definition) is 4. The van der Waals surface area contributed by atoms with E-state index in [0.29, 0.717) is 30.6 Å². The predicted octanol–water partition coefficient (Wildman–Crippen LogP) is 5.07. The maximum Gasteiger partial charge on any atom is 0.254 e. The van der Waals surface area contributed by atoms with Gasteiger partial charge in [0.05, 0.1) is 12.0 Å². The Morgan fingerprint density at radius 3 is 2.61 bits per heavy atom. The van der Waals surface area contributed by atoms with E-state index in [1.165, 1.54) is 32.1 Å². The van der Waals surface area contributed by atoms with Gasteiger partial charge in [-0.25, -0.2) is 0 Å². The third-order valence-corrected chi connectivity index (χ3v) is 8.02. The van der Waals surface area contributed by atoms with Gasteiger partial charge in [0.2, 0.25) is 5.91 Å². The average molecular weight is 468 g/mol. The Balaban J connectivity index is 1.57. The highest BCUT2D eigenvalue weighted by molar-refractivity contribution is 7.10. The van der Waals surface area contributed by atoms with Crippen molar-refractivity contribution in [3.05, 3.63) is 57.8 Å². The zero-order chi connectivity index (χ0) is 23.4. The number of thiophene rings is 1. The van der Waals surface area contributed by atoms with Crippen LogP contribution in [0.4, 0.5) is 0 Å². The summed E-state index contributed by atoms with van der Waals surface area (Å²) in [4.78, 5) is 32.6. The number of rotatable bonds is 8. The molecular formula is C27H37N3O2S. The molecule has 0 unspecified atom stereocenters. The second kappa shape index (κ2) is 10.8. The number of hydrogen-bond donors (Lipinski definition) is 1. The molecule has 0 bridgehead atoms.